The summed E-state index contributed by atoms with van der Waals surface area (Å²) in [7, 11) is 1.13. The van der Waals surface area contributed by atoms with Gasteiger partial charge in [0, 0.05) is 0 Å². The van der Waals surface area contributed by atoms with Crippen LogP contribution in [0.2, 0.25) is 0 Å². The van der Waals surface area contributed by atoms with Gasteiger partial charge in [0.25, 0.3) is 0 Å². The first-order valence-electron chi connectivity index (χ1n) is 4.25. The first-order valence-corrected chi connectivity index (χ1v) is 4.25. The summed E-state index contributed by atoms with van der Waals surface area (Å²) in [6.07, 6.45) is 0.0748. The molecule has 8 nitrogen and oxygen atoms in total. The number of urea groups is 1. The molecule has 0 rings (SSSR count). The molecule has 0 radical (unpaired) electrons. The summed E-state index contributed by atoms with van der Waals surface area (Å²) in [4.78, 5) is 43.4. The van der Waals surface area contributed by atoms with Crippen LogP contribution in [-0.2, 0) is 19.1 Å². The second kappa shape index (κ2) is 6.38. The number of carbonyl (C=O) groups is 4. The van der Waals surface area contributed by atoms with Gasteiger partial charge in [0.1, 0.15) is 12.6 Å². The Morgan fingerprint density at radius 2 is 2.06 bits per heavy atom. The Bertz CT molecular complexity index is 303. The summed E-state index contributed by atoms with van der Waals surface area (Å²) in [5, 5.41) is 10.6. The summed E-state index contributed by atoms with van der Waals surface area (Å²) in [6.45, 7) is 0.723. The zero-order valence-corrected chi connectivity index (χ0v) is 8.80. The number of methoxy groups -OCH3 is 1. The zero-order chi connectivity index (χ0) is 12.7. The Balaban J connectivity index is 4.37. The van der Waals surface area contributed by atoms with Gasteiger partial charge >= 0.3 is 18.0 Å². The topological polar surface area (TPSA) is 113 Å². The van der Waals surface area contributed by atoms with E-state index in [0.717, 1.165) is 14.0 Å². The highest BCUT2D eigenvalue weighted by atomic mass is 16.5. The molecule has 90 valence electrons. The van der Waals surface area contributed by atoms with Crippen LogP contribution in [0.3, 0.4) is 0 Å². The molecule has 0 aromatic carbocycles. The van der Waals surface area contributed by atoms with Gasteiger partial charge in [0.2, 0.25) is 6.41 Å². The summed E-state index contributed by atoms with van der Waals surface area (Å²) in [6, 6.07) is -2.29. The molecule has 1 unspecified atom stereocenters. The number of aliphatic carboxylic acids is 1. The van der Waals surface area contributed by atoms with E-state index >= 15 is 0 Å². The molecule has 0 fully saturated rings. The van der Waals surface area contributed by atoms with E-state index in [-0.39, 0.29) is 6.41 Å². The van der Waals surface area contributed by atoms with Crippen LogP contribution in [0, 0.1) is 0 Å². The minimum Gasteiger partial charge on any atom is -0.480 e. The highest BCUT2D eigenvalue weighted by Crippen LogP contribution is 1.96. The van der Waals surface area contributed by atoms with Crippen molar-refractivity contribution in [3.63, 3.8) is 0 Å². The summed E-state index contributed by atoms with van der Waals surface area (Å²) in [5.41, 5.74) is 0. The number of nitrogens with zero attached hydrogens (tertiary/aromatic N) is 1. The molecule has 0 aromatic heterocycles. The van der Waals surface area contributed by atoms with Crippen molar-refractivity contribution in [1.29, 1.82) is 0 Å². The number of carboxylic acids is 1. The monoisotopic (exact) mass is 232 g/mol. The van der Waals surface area contributed by atoms with E-state index in [1.165, 1.54) is 0 Å². The molecule has 0 saturated carbocycles. The predicted molar refractivity (Wildman–Crippen MR) is 50.4 cm³/mol. The molecule has 1 atom stereocenters. The fourth-order valence-electron chi connectivity index (χ4n) is 0.745. The van der Waals surface area contributed by atoms with Gasteiger partial charge in [-0.15, -0.1) is 0 Å². The van der Waals surface area contributed by atoms with Crippen molar-refractivity contribution in [2.75, 3.05) is 13.7 Å². The number of amides is 3. The van der Waals surface area contributed by atoms with Crippen LogP contribution in [0.15, 0.2) is 0 Å². The molecular formula is C8H12N2O6. The summed E-state index contributed by atoms with van der Waals surface area (Å²) < 4.78 is 4.25. The fourth-order valence-corrected chi connectivity index (χ4v) is 0.745. The molecule has 0 aliphatic carbocycles. The maximum atomic E-state index is 11.3. The lowest BCUT2D eigenvalue weighted by molar-refractivity contribution is -0.143. The van der Waals surface area contributed by atoms with Crippen molar-refractivity contribution in [2.24, 2.45) is 0 Å². The van der Waals surface area contributed by atoms with Crippen LogP contribution in [0.5, 0.6) is 0 Å². The van der Waals surface area contributed by atoms with Crippen LogP contribution >= 0.6 is 0 Å². The van der Waals surface area contributed by atoms with E-state index < -0.39 is 30.6 Å². The average Bonchev–Trinajstić information content (AvgIpc) is 2.26. The van der Waals surface area contributed by atoms with Crippen LogP contribution in [0.25, 0.3) is 0 Å². The molecule has 8 heteroatoms. The van der Waals surface area contributed by atoms with Crippen molar-refractivity contribution >= 4 is 24.4 Å². The van der Waals surface area contributed by atoms with E-state index in [4.69, 9.17) is 5.11 Å². The first kappa shape index (κ1) is 13.9. The van der Waals surface area contributed by atoms with Crippen LogP contribution in [0.4, 0.5) is 4.79 Å². The predicted octanol–water partition coefficient (Wildman–Crippen LogP) is -1.20. The maximum Gasteiger partial charge on any atom is 0.326 e. The molecule has 0 aliphatic rings. The Labute approximate surface area is 91.2 Å². The quantitative estimate of drug-likeness (QED) is 0.454. The maximum absolute atomic E-state index is 11.3. The molecule has 0 bridgehead atoms. The number of carboxylic acid groups (broad SMARTS) is 1. The molecule has 3 amide bonds. The lowest BCUT2D eigenvalue weighted by atomic mass is 10.3. The van der Waals surface area contributed by atoms with Crippen molar-refractivity contribution in [3.8, 4) is 0 Å². The van der Waals surface area contributed by atoms with Gasteiger partial charge in [-0.2, -0.15) is 0 Å². The third kappa shape index (κ3) is 3.95. The lowest BCUT2D eigenvalue weighted by Crippen LogP contribution is -2.48. The number of esters is 1. The number of carbonyl (C=O) groups excluding carboxylic acids is 3. The van der Waals surface area contributed by atoms with Gasteiger partial charge in [-0.1, -0.05) is 0 Å². The van der Waals surface area contributed by atoms with E-state index in [2.05, 4.69) is 4.74 Å². The van der Waals surface area contributed by atoms with Gasteiger partial charge in [0.15, 0.2) is 0 Å². The average molecular weight is 232 g/mol. The number of nitrogens with one attached hydrogen (secondary N) is 1. The number of hydrogen-bond donors (Lipinski definition) is 2. The second-order valence-electron chi connectivity index (χ2n) is 2.76. The number of ether oxygens (including phenoxy) is 1. The highest BCUT2D eigenvalue weighted by Gasteiger charge is 2.25. The standard InChI is InChI=1S/C8H12N2O6/c1-5(7(13)14)10(4-11)8(15)9-3-6(12)16-2/h4-5H,3H2,1-2H3,(H,9,15)(H,13,14). The Hall–Kier alpha value is -2.12. The third-order valence-corrected chi connectivity index (χ3v) is 1.73. The summed E-state index contributed by atoms with van der Waals surface area (Å²) >= 11 is 0. The van der Waals surface area contributed by atoms with Crippen LogP contribution < -0.4 is 5.32 Å². The molecule has 16 heavy (non-hydrogen) atoms. The second-order valence-corrected chi connectivity index (χ2v) is 2.76. The first-order chi connectivity index (χ1) is 7.43. The molecule has 2 N–H and O–H groups in total. The third-order valence-electron chi connectivity index (χ3n) is 1.73. The summed E-state index contributed by atoms with van der Waals surface area (Å²) in [5.74, 6) is -2.04. The highest BCUT2D eigenvalue weighted by molar-refractivity contribution is 5.92. The smallest absolute Gasteiger partial charge is 0.326 e. The molecule has 0 spiro atoms. The van der Waals surface area contributed by atoms with Gasteiger partial charge in [0.05, 0.1) is 7.11 Å². The van der Waals surface area contributed by atoms with Gasteiger partial charge in [-0.3, -0.25) is 14.5 Å². The van der Waals surface area contributed by atoms with Gasteiger partial charge in [-0.25, -0.2) is 9.59 Å². The Kier molecular flexibility index (Phi) is 5.53. The van der Waals surface area contributed by atoms with E-state index in [9.17, 15) is 19.2 Å². The van der Waals surface area contributed by atoms with Crippen molar-refractivity contribution < 1.29 is 29.0 Å². The Morgan fingerprint density at radius 3 is 2.44 bits per heavy atom. The zero-order valence-electron chi connectivity index (χ0n) is 8.80. The fraction of sp³-hybridized carbons (Fsp3) is 0.500. The minimum atomic E-state index is -1.33. The van der Waals surface area contributed by atoms with Crippen LogP contribution in [-0.4, -0.2) is 54.1 Å². The number of imide groups is 1. The number of rotatable bonds is 5. The van der Waals surface area contributed by atoms with Crippen LogP contribution in [0.1, 0.15) is 6.92 Å². The molecule has 0 heterocycles. The molecule has 0 saturated heterocycles. The minimum absolute atomic E-state index is 0.0748. The molecule has 0 aromatic rings. The largest absolute Gasteiger partial charge is 0.480 e. The molecular weight excluding hydrogens is 220 g/mol. The Morgan fingerprint density at radius 1 is 1.50 bits per heavy atom. The van der Waals surface area contributed by atoms with Crippen molar-refractivity contribution in [3.05, 3.63) is 0 Å². The number of hydrogen-bond acceptors (Lipinski definition) is 5. The SMILES string of the molecule is COC(=O)CNC(=O)N(C=O)C(C)C(=O)O. The molecule has 0 aliphatic heterocycles. The van der Waals surface area contributed by atoms with E-state index in [1.54, 1.807) is 0 Å². The van der Waals surface area contributed by atoms with Crippen molar-refractivity contribution in [1.82, 2.24) is 10.2 Å². The van der Waals surface area contributed by atoms with Gasteiger partial charge < -0.3 is 15.2 Å². The normalized spacial score (nSPS) is 11.1. The van der Waals surface area contributed by atoms with Crippen molar-refractivity contribution in [2.45, 2.75) is 13.0 Å². The lowest BCUT2D eigenvalue weighted by Gasteiger charge is -2.19. The van der Waals surface area contributed by atoms with E-state index in [0.29, 0.717) is 4.90 Å². The van der Waals surface area contributed by atoms with E-state index in [1.807, 2.05) is 5.32 Å². The van der Waals surface area contributed by atoms with Gasteiger partial charge in [-0.05, 0) is 6.92 Å².